The van der Waals surface area contributed by atoms with Crippen LogP contribution >= 0.6 is 23.2 Å². The second kappa shape index (κ2) is 6.54. The quantitative estimate of drug-likeness (QED) is 0.653. The molecule has 0 atom stereocenters. The van der Waals surface area contributed by atoms with Crippen LogP contribution in [0, 0.1) is 0 Å². The number of para-hydroxylation sites is 1. The van der Waals surface area contributed by atoms with E-state index in [1.807, 2.05) is 30.3 Å². The van der Waals surface area contributed by atoms with Crippen molar-refractivity contribution in [2.45, 2.75) is 12.8 Å². The molecule has 2 aromatic carbocycles. The first-order chi connectivity index (χ1) is 12.1. The van der Waals surface area contributed by atoms with Gasteiger partial charge in [0.25, 0.3) is 5.91 Å². The summed E-state index contributed by atoms with van der Waals surface area (Å²) in [5, 5.41) is 9.30. The number of hydrogen-bond donors (Lipinski definition) is 1. The van der Waals surface area contributed by atoms with Gasteiger partial charge in [0.2, 0.25) is 0 Å². The van der Waals surface area contributed by atoms with Crippen LogP contribution in [0.5, 0.6) is 0 Å². The molecule has 2 heterocycles. The zero-order valence-electron chi connectivity index (χ0n) is 13.3. The summed E-state index contributed by atoms with van der Waals surface area (Å²) in [6, 6.07) is 11.4. The van der Waals surface area contributed by atoms with Crippen molar-refractivity contribution in [1.82, 2.24) is 10.2 Å². The Balaban J connectivity index is 1.65. The number of nitrogens with one attached hydrogen (secondary N) is 1. The molecule has 1 amide bonds. The van der Waals surface area contributed by atoms with Crippen LogP contribution < -0.4 is 4.90 Å². The lowest BCUT2D eigenvalue weighted by atomic mass is 10.0. The van der Waals surface area contributed by atoms with E-state index < -0.39 is 0 Å². The zero-order chi connectivity index (χ0) is 17.4. The van der Waals surface area contributed by atoms with Gasteiger partial charge in [0.15, 0.2) is 0 Å². The summed E-state index contributed by atoms with van der Waals surface area (Å²) < 4.78 is 0. The normalized spacial score (nSPS) is 14.2. The lowest BCUT2D eigenvalue weighted by Crippen LogP contribution is -2.34. The van der Waals surface area contributed by atoms with Crippen LogP contribution in [0.3, 0.4) is 0 Å². The van der Waals surface area contributed by atoms with Crippen LogP contribution in [0.2, 0.25) is 10.0 Å². The summed E-state index contributed by atoms with van der Waals surface area (Å²) in [7, 11) is 0. The smallest absolute Gasteiger partial charge is 0.251 e. The van der Waals surface area contributed by atoms with Crippen LogP contribution in [0.25, 0.3) is 17.0 Å². The maximum Gasteiger partial charge on any atom is 0.251 e. The molecule has 0 saturated heterocycles. The summed E-state index contributed by atoms with van der Waals surface area (Å²) in [6.45, 7) is 0.638. The average molecular weight is 372 g/mol. The molecular weight excluding hydrogens is 357 g/mol. The van der Waals surface area contributed by atoms with Gasteiger partial charge in [-0.15, -0.1) is 0 Å². The Morgan fingerprint density at radius 3 is 2.96 bits per heavy atom. The van der Waals surface area contributed by atoms with Crippen LogP contribution in [-0.4, -0.2) is 22.6 Å². The highest BCUT2D eigenvalue weighted by Gasteiger charge is 2.24. The van der Waals surface area contributed by atoms with Gasteiger partial charge in [-0.2, -0.15) is 5.10 Å². The first-order valence-corrected chi connectivity index (χ1v) is 8.79. The fourth-order valence-electron chi connectivity index (χ4n) is 3.22. The number of carbonyl (C=O) groups excluding carboxylic acids is 1. The number of benzene rings is 2. The van der Waals surface area contributed by atoms with E-state index in [1.165, 1.54) is 0 Å². The Labute approximate surface area is 155 Å². The molecule has 0 saturated carbocycles. The minimum absolute atomic E-state index is 0.114. The molecule has 6 heteroatoms. The lowest BCUT2D eigenvalue weighted by molar-refractivity contribution is -0.114. The third-order valence-corrected chi connectivity index (χ3v) is 4.86. The van der Waals surface area contributed by atoms with Gasteiger partial charge >= 0.3 is 0 Å². The third-order valence-electron chi connectivity index (χ3n) is 4.35. The van der Waals surface area contributed by atoms with Crippen LogP contribution in [0.15, 0.2) is 42.5 Å². The highest BCUT2D eigenvalue weighted by molar-refractivity contribution is 6.37. The predicted molar refractivity (Wildman–Crippen MR) is 102 cm³/mol. The number of carbonyl (C=O) groups is 1. The summed E-state index contributed by atoms with van der Waals surface area (Å²) in [5.74, 6) is -0.114. The molecule has 1 aromatic heterocycles. The number of rotatable bonds is 2. The van der Waals surface area contributed by atoms with Crippen molar-refractivity contribution in [1.29, 1.82) is 0 Å². The minimum atomic E-state index is -0.114. The summed E-state index contributed by atoms with van der Waals surface area (Å²) >= 11 is 12.4. The van der Waals surface area contributed by atoms with E-state index in [0.29, 0.717) is 16.6 Å². The van der Waals surface area contributed by atoms with Crippen molar-refractivity contribution in [2.24, 2.45) is 0 Å². The minimum Gasteiger partial charge on any atom is -0.307 e. The molecule has 1 aliphatic rings. The average Bonchev–Trinajstić information content (AvgIpc) is 3.02. The van der Waals surface area contributed by atoms with Gasteiger partial charge in [-0.1, -0.05) is 41.4 Å². The Morgan fingerprint density at radius 2 is 2.08 bits per heavy atom. The Bertz CT molecular complexity index is 993. The van der Waals surface area contributed by atoms with E-state index in [1.54, 1.807) is 23.1 Å². The van der Waals surface area contributed by atoms with E-state index >= 15 is 0 Å². The molecule has 126 valence electrons. The molecule has 0 spiro atoms. The van der Waals surface area contributed by atoms with E-state index in [4.69, 9.17) is 23.2 Å². The number of hydrogen-bond acceptors (Lipinski definition) is 2. The molecule has 4 nitrogen and oxygen atoms in total. The number of fused-ring (bicyclic) bond motifs is 2. The second-order valence-electron chi connectivity index (χ2n) is 5.98. The van der Waals surface area contributed by atoms with Crippen molar-refractivity contribution >= 4 is 51.8 Å². The van der Waals surface area contributed by atoms with Gasteiger partial charge in [-0.3, -0.25) is 9.89 Å². The molecule has 1 N–H and O–H groups in total. The van der Waals surface area contributed by atoms with Gasteiger partial charge in [0.05, 0.1) is 21.9 Å². The molecule has 4 rings (SSSR count). The number of amides is 1. The largest absolute Gasteiger partial charge is 0.307 e. The van der Waals surface area contributed by atoms with Crippen molar-refractivity contribution in [3.05, 3.63) is 63.8 Å². The van der Waals surface area contributed by atoms with E-state index in [-0.39, 0.29) is 5.91 Å². The van der Waals surface area contributed by atoms with Crippen molar-refractivity contribution < 1.29 is 4.79 Å². The zero-order valence-corrected chi connectivity index (χ0v) is 14.8. The molecule has 0 bridgehead atoms. The SMILES string of the molecule is O=C(/C=C/c1n[nH]c2ccccc12)N1CCCc2cc(Cl)cc(Cl)c21. The number of aromatic nitrogens is 2. The van der Waals surface area contributed by atoms with E-state index in [2.05, 4.69) is 10.2 Å². The fourth-order valence-corrected chi connectivity index (χ4v) is 3.86. The Kier molecular flexibility index (Phi) is 4.24. The maximum atomic E-state index is 12.7. The van der Waals surface area contributed by atoms with Crippen molar-refractivity contribution in [2.75, 3.05) is 11.4 Å². The van der Waals surface area contributed by atoms with E-state index in [9.17, 15) is 4.79 Å². The Hall–Kier alpha value is -2.30. The Morgan fingerprint density at radius 1 is 1.24 bits per heavy atom. The van der Waals surface area contributed by atoms with Gasteiger partial charge in [-0.05, 0) is 42.7 Å². The molecule has 3 aromatic rings. The fraction of sp³-hybridized carbons (Fsp3) is 0.158. The predicted octanol–water partition coefficient (Wildman–Crippen LogP) is 4.86. The molecule has 0 radical (unpaired) electrons. The molecule has 0 aliphatic carbocycles. The van der Waals surface area contributed by atoms with Gasteiger partial charge in [-0.25, -0.2) is 0 Å². The highest BCUT2D eigenvalue weighted by atomic mass is 35.5. The number of aryl methyl sites for hydroxylation is 1. The number of H-pyrrole nitrogens is 1. The van der Waals surface area contributed by atoms with Crippen molar-refractivity contribution in [3.8, 4) is 0 Å². The van der Waals surface area contributed by atoms with Gasteiger partial charge < -0.3 is 4.90 Å². The third kappa shape index (κ3) is 3.03. The molecule has 0 unspecified atom stereocenters. The second-order valence-corrected chi connectivity index (χ2v) is 6.82. The van der Waals surface area contributed by atoms with Crippen LogP contribution in [0.1, 0.15) is 17.7 Å². The number of aromatic amines is 1. The lowest BCUT2D eigenvalue weighted by Gasteiger charge is -2.29. The molecule has 1 aliphatic heterocycles. The van der Waals surface area contributed by atoms with Crippen molar-refractivity contribution in [3.63, 3.8) is 0 Å². The molecule has 0 fully saturated rings. The van der Waals surface area contributed by atoms with Crippen LogP contribution in [0.4, 0.5) is 5.69 Å². The van der Waals surface area contributed by atoms with Gasteiger partial charge in [0, 0.05) is 23.0 Å². The maximum absolute atomic E-state index is 12.7. The molecule has 25 heavy (non-hydrogen) atoms. The number of nitrogens with zero attached hydrogens (tertiary/aromatic N) is 2. The first kappa shape index (κ1) is 16.2. The summed E-state index contributed by atoms with van der Waals surface area (Å²) in [5.41, 5.74) is 3.45. The topological polar surface area (TPSA) is 49.0 Å². The molecular formula is C19H15Cl2N3O. The number of halogens is 2. The van der Waals surface area contributed by atoms with Crippen LogP contribution in [-0.2, 0) is 11.2 Å². The standard InChI is InChI=1S/C19H15Cl2N3O/c20-13-10-12-4-3-9-24(19(12)15(21)11-13)18(25)8-7-17-14-5-1-2-6-16(14)22-23-17/h1-2,5-8,10-11H,3-4,9H2,(H,22,23)/b8-7+. The summed E-state index contributed by atoms with van der Waals surface area (Å²) in [4.78, 5) is 14.4. The number of anilines is 1. The highest BCUT2D eigenvalue weighted by Crippen LogP contribution is 2.37. The first-order valence-electron chi connectivity index (χ1n) is 8.04. The van der Waals surface area contributed by atoms with Gasteiger partial charge in [0.1, 0.15) is 0 Å². The monoisotopic (exact) mass is 371 g/mol. The summed E-state index contributed by atoms with van der Waals surface area (Å²) in [6.07, 6.45) is 5.03. The van der Waals surface area contributed by atoms with E-state index in [0.717, 1.165) is 40.7 Å².